The van der Waals surface area contributed by atoms with E-state index >= 15 is 0 Å². The summed E-state index contributed by atoms with van der Waals surface area (Å²) in [6.07, 6.45) is 7.32. The van der Waals surface area contributed by atoms with Crippen LogP contribution >= 0.6 is 0 Å². The number of unbranched alkanes of at least 4 members (excludes halogenated alkanes) is 2. The van der Waals surface area contributed by atoms with Gasteiger partial charge in [-0.05, 0) is 56.2 Å². The minimum absolute atomic E-state index is 0.111. The summed E-state index contributed by atoms with van der Waals surface area (Å²) in [6.45, 7) is 11.1. The van der Waals surface area contributed by atoms with Gasteiger partial charge in [0.2, 0.25) is 0 Å². The molecule has 2 aliphatic heterocycles. The summed E-state index contributed by atoms with van der Waals surface area (Å²) < 4.78 is 11.8. The van der Waals surface area contributed by atoms with Crippen LogP contribution in [0.5, 0.6) is 11.5 Å². The Hall–Kier alpha value is -1.51. The molecule has 0 radical (unpaired) electrons. The van der Waals surface area contributed by atoms with Gasteiger partial charge >= 0.3 is 5.97 Å². The minimum atomic E-state index is -0.234. The molecule has 0 N–H and O–H groups in total. The zero-order valence-electron chi connectivity index (χ0n) is 16.4. The van der Waals surface area contributed by atoms with Crippen LogP contribution < -0.4 is 9.47 Å². The molecule has 3 heteroatoms. The molecule has 0 bridgehead atoms. The van der Waals surface area contributed by atoms with E-state index in [-0.39, 0.29) is 22.9 Å². The summed E-state index contributed by atoms with van der Waals surface area (Å²) in [5.74, 6) is 1.77. The number of ether oxygens (including phenoxy) is 2. The molecule has 0 saturated heterocycles. The quantitative estimate of drug-likeness (QED) is 0.372. The molecular formula is C22H32O3. The molecule has 138 valence electrons. The molecule has 3 nitrogen and oxygen atoms in total. The largest absolute Gasteiger partial charge is 0.487 e. The maximum atomic E-state index is 12.0. The highest BCUT2D eigenvalue weighted by atomic mass is 16.5. The highest BCUT2D eigenvalue weighted by Gasteiger charge is 2.40. The Labute approximate surface area is 152 Å². The Kier molecular flexibility index (Phi) is 4.87. The number of benzene rings is 1. The molecule has 25 heavy (non-hydrogen) atoms. The normalized spacial score (nSPS) is 21.3. The zero-order valence-corrected chi connectivity index (χ0v) is 16.4. The van der Waals surface area contributed by atoms with Gasteiger partial charge < -0.3 is 9.47 Å². The molecule has 2 aliphatic rings. The lowest BCUT2D eigenvalue weighted by Gasteiger charge is -2.40. The van der Waals surface area contributed by atoms with Crippen molar-refractivity contribution in [3.05, 3.63) is 23.3 Å². The van der Waals surface area contributed by atoms with E-state index in [1.54, 1.807) is 0 Å². The SMILES string of the molecule is CCCCCC(C)(C)Cc1cc2c3c(c1)OC(C)(C)CC3CC(=O)O2. The number of hydrogen-bond acceptors (Lipinski definition) is 3. The Morgan fingerprint density at radius 2 is 1.92 bits per heavy atom. The van der Waals surface area contributed by atoms with Gasteiger partial charge in [0.05, 0.1) is 6.42 Å². The third-order valence-electron chi connectivity index (χ3n) is 5.47. The van der Waals surface area contributed by atoms with E-state index < -0.39 is 0 Å². The summed E-state index contributed by atoms with van der Waals surface area (Å²) in [7, 11) is 0. The van der Waals surface area contributed by atoms with Crippen molar-refractivity contribution >= 4 is 5.97 Å². The number of rotatable bonds is 6. The van der Waals surface area contributed by atoms with Crippen LogP contribution in [0.25, 0.3) is 0 Å². The third kappa shape index (κ3) is 4.19. The summed E-state index contributed by atoms with van der Waals surface area (Å²) in [4.78, 5) is 12.0. The van der Waals surface area contributed by atoms with Crippen LogP contribution in [0.4, 0.5) is 0 Å². The highest BCUT2D eigenvalue weighted by molar-refractivity contribution is 5.78. The molecule has 0 amide bonds. The number of hydrogen-bond donors (Lipinski definition) is 0. The second-order valence-corrected chi connectivity index (χ2v) is 9.24. The topological polar surface area (TPSA) is 35.5 Å². The smallest absolute Gasteiger partial charge is 0.311 e. The van der Waals surface area contributed by atoms with Gasteiger partial charge in [0.25, 0.3) is 0 Å². The van der Waals surface area contributed by atoms with Crippen molar-refractivity contribution in [3.63, 3.8) is 0 Å². The van der Waals surface area contributed by atoms with Crippen LogP contribution in [0.15, 0.2) is 12.1 Å². The number of carbonyl (C=O) groups excluding carboxylic acids is 1. The molecule has 3 rings (SSSR count). The van der Waals surface area contributed by atoms with Gasteiger partial charge in [0.1, 0.15) is 17.1 Å². The molecule has 0 fully saturated rings. The van der Waals surface area contributed by atoms with Crippen LogP contribution in [-0.4, -0.2) is 11.6 Å². The molecule has 1 aromatic carbocycles. The maximum Gasteiger partial charge on any atom is 0.311 e. The van der Waals surface area contributed by atoms with Gasteiger partial charge in [-0.15, -0.1) is 0 Å². The molecule has 1 aromatic rings. The molecule has 0 aromatic heterocycles. The first-order valence-electron chi connectivity index (χ1n) is 9.76. The minimum Gasteiger partial charge on any atom is -0.487 e. The Morgan fingerprint density at radius 1 is 1.20 bits per heavy atom. The number of esters is 1. The Morgan fingerprint density at radius 3 is 2.64 bits per heavy atom. The lowest BCUT2D eigenvalue weighted by atomic mass is 9.78. The van der Waals surface area contributed by atoms with Gasteiger partial charge in [-0.25, -0.2) is 0 Å². The second kappa shape index (κ2) is 6.66. The van der Waals surface area contributed by atoms with Gasteiger partial charge in [0.15, 0.2) is 0 Å². The van der Waals surface area contributed by atoms with Gasteiger partial charge in [0, 0.05) is 11.5 Å². The zero-order chi connectivity index (χ0) is 18.2. The number of carbonyl (C=O) groups is 1. The predicted molar refractivity (Wildman–Crippen MR) is 100 cm³/mol. The van der Waals surface area contributed by atoms with Crippen molar-refractivity contribution in [2.24, 2.45) is 5.41 Å². The van der Waals surface area contributed by atoms with Gasteiger partial charge in [-0.3, -0.25) is 4.79 Å². The first-order chi connectivity index (χ1) is 11.7. The van der Waals surface area contributed by atoms with Gasteiger partial charge in [-0.2, -0.15) is 0 Å². The average Bonchev–Trinajstić information content (AvgIpc) is 2.44. The lowest BCUT2D eigenvalue weighted by Crippen LogP contribution is -2.37. The average molecular weight is 344 g/mol. The molecule has 0 spiro atoms. The summed E-state index contributed by atoms with van der Waals surface area (Å²) >= 11 is 0. The van der Waals surface area contributed by atoms with Crippen LogP contribution in [0.2, 0.25) is 0 Å². The monoisotopic (exact) mass is 344 g/mol. The standard InChI is InChI=1S/C22H32O3/c1-6-7-8-9-21(2,3)13-15-10-17-20-16(12-19(23)24-17)14-22(4,5)25-18(20)11-15/h10-11,16H,6-9,12-14H2,1-5H3. The van der Waals surface area contributed by atoms with Crippen molar-refractivity contribution in [3.8, 4) is 11.5 Å². The predicted octanol–water partition coefficient (Wildman–Crippen LogP) is 5.79. The van der Waals surface area contributed by atoms with Crippen LogP contribution in [0.3, 0.4) is 0 Å². The van der Waals surface area contributed by atoms with Crippen molar-refractivity contribution < 1.29 is 14.3 Å². The summed E-state index contributed by atoms with van der Waals surface area (Å²) in [5, 5.41) is 0. The Bertz CT molecular complexity index is 657. The molecule has 0 aliphatic carbocycles. The van der Waals surface area contributed by atoms with Crippen molar-refractivity contribution in [2.45, 2.75) is 91.1 Å². The van der Waals surface area contributed by atoms with Crippen LogP contribution in [-0.2, 0) is 11.2 Å². The van der Waals surface area contributed by atoms with E-state index in [2.05, 4.69) is 46.8 Å². The van der Waals surface area contributed by atoms with E-state index in [4.69, 9.17) is 9.47 Å². The molecule has 2 heterocycles. The highest BCUT2D eigenvalue weighted by Crippen LogP contribution is 2.50. The Balaban J connectivity index is 1.88. The first-order valence-corrected chi connectivity index (χ1v) is 9.76. The summed E-state index contributed by atoms with van der Waals surface area (Å²) in [5.41, 5.74) is 2.31. The van der Waals surface area contributed by atoms with Crippen LogP contribution in [0, 0.1) is 5.41 Å². The third-order valence-corrected chi connectivity index (χ3v) is 5.47. The lowest BCUT2D eigenvalue weighted by molar-refractivity contribution is -0.136. The molecule has 0 saturated carbocycles. The maximum absolute atomic E-state index is 12.0. The molecular weight excluding hydrogens is 312 g/mol. The van der Waals surface area contributed by atoms with E-state index in [0.29, 0.717) is 6.42 Å². The molecule has 1 atom stereocenters. The van der Waals surface area contributed by atoms with E-state index in [0.717, 1.165) is 29.9 Å². The fourth-order valence-electron chi connectivity index (χ4n) is 4.40. The first kappa shape index (κ1) is 18.3. The molecule has 1 unspecified atom stereocenters. The van der Waals surface area contributed by atoms with E-state index in [9.17, 15) is 4.79 Å². The van der Waals surface area contributed by atoms with Crippen LogP contribution in [0.1, 0.15) is 90.2 Å². The van der Waals surface area contributed by atoms with E-state index in [1.807, 2.05) is 0 Å². The van der Waals surface area contributed by atoms with Crippen molar-refractivity contribution in [1.82, 2.24) is 0 Å². The second-order valence-electron chi connectivity index (χ2n) is 9.24. The van der Waals surface area contributed by atoms with Gasteiger partial charge in [-0.1, -0.05) is 40.0 Å². The fraction of sp³-hybridized carbons (Fsp3) is 0.682. The van der Waals surface area contributed by atoms with Crippen molar-refractivity contribution in [1.29, 1.82) is 0 Å². The van der Waals surface area contributed by atoms with Crippen molar-refractivity contribution in [2.75, 3.05) is 0 Å². The summed E-state index contributed by atoms with van der Waals surface area (Å²) in [6, 6.07) is 4.26. The fourth-order valence-corrected chi connectivity index (χ4v) is 4.40. The van der Waals surface area contributed by atoms with E-state index in [1.165, 1.54) is 31.2 Å².